The highest BCUT2D eigenvalue weighted by molar-refractivity contribution is 5.87. The molecule has 2 aliphatic heterocycles. The van der Waals surface area contributed by atoms with Crippen LogP contribution in [0.1, 0.15) is 11.1 Å². The van der Waals surface area contributed by atoms with Gasteiger partial charge in [-0.2, -0.15) is 0 Å². The first-order valence-corrected chi connectivity index (χ1v) is 9.20. The minimum atomic E-state index is -4.79. The quantitative estimate of drug-likeness (QED) is 0.707. The van der Waals surface area contributed by atoms with Crippen LogP contribution in [-0.4, -0.2) is 50.7 Å². The van der Waals surface area contributed by atoms with Crippen molar-refractivity contribution >= 4 is 5.57 Å². The molecule has 2 aromatic rings. The summed E-state index contributed by atoms with van der Waals surface area (Å²) in [7, 11) is 0. The Labute approximate surface area is 165 Å². The molecule has 2 heterocycles. The van der Waals surface area contributed by atoms with E-state index in [-0.39, 0.29) is 11.6 Å². The van der Waals surface area contributed by atoms with Crippen LogP contribution in [0.15, 0.2) is 48.0 Å². The zero-order valence-electron chi connectivity index (χ0n) is 15.5. The van der Waals surface area contributed by atoms with Crippen LogP contribution in [0.25, 0.3) is 5.57 Å². The lowest BCUT2D eigenvalue weighted by Crippen LogP contribution is -2.38. The van der Waals surface area contributed by atoms with Crippen LogP contribution in [-0.2, 0) is 4.74 Å². The van der Waals surface area contributed by atoms with Gasteiger partial charge in [-0.15, -0.1) is 13.2 Å². The molecule has 154 valence electrons. The molecule has 2 aliphatic rings. The Balaban J connectivity index is 1.77. The van der Waals surface area contributed by atoms with E-state index in [0.717, 1.165) is 24.2 Å². The van der Waals surface area contributed by atoms with Crippen LogP contribution in [0.2, 0.25) is 0 Å². The highest BCUT2D eigenvalue weighted by Gasteiger charge is 2.32. The van der Waals surface area contributed by atoms with E-state index in [9.17, 15) is 17.6 Å². The lowest BCUT2D eigenvalue weighted by Gasteiger charge is -2.31. The SMILES string of the molecule is Fc1ccc(C2=C(CN3CCOCC3)COc3ccc(OC(F)(F)F)cc32)cc1. The van der Waals surface area contributed by atoms with Crippen molar-refractivity contribution in [2.24, 2.45) is 0 Å². The van der Waals surface area contributed by atoms with Crippen molar-refractivity contribution in [1.82, 2.24) is 4.90 Å². The minimum absolute atomic E-state index is 0.302. The fourth-order valence-corrected chi connectivity index (χ4v) is 3.59. The minimum Gasteiger partial charge on any atom is -0.489 e. The Morgan fingerprint density at radius 2 is 1.72 bits per heavy atom. The van der Waals surface area contributed by atoms with Gasteiger partial charge in [0.2, 0.25) is 0 Å². The third-order valence-corrected chi connectivity index (χ3v) is 4.86. The summed E-state index contributed by atoms with van der Waals surface area (Å²) in [5.74, 6) is -0.248. The number of alkyl halides is 3. The third-order valence-electron chi connectivity index (χ3n) is 4.86. The predicted molar refractivity (Wildman–Crippen MR) is 98.3 cm³/mol. The van der Waals surface area contributed by atoms with Gasteiger partial charge in [0.05, 0.1) is 13.2 Å². The Kier molecular flexibility index (Phi) is 5.47. The van der Waals surface area contributed by atoms with Gasteiger partial charge in [-0.3, -0.25) is 4.90 Å². The molecule has 2 aromatic carbocycles. The van der Waals surface area contributed by atoms with Crippen LogP contribution in [0.4, 0.5) is 17.6 Å². The van der Waals surface area contributed by atoms with Gasteiger partial charge in [0.25, 0.3) is 0 Å². The average molecular weight is 409 g/mol. The first kappa shape index (κ1) is 19.7. The number of hydrogen-bond acceptors (Lipinski definition) is 4. The van der Waals surface area contributed by atoms with Gasteiger partial charge in [0, 0.05) is 25.2 Å². The third kappa shape index (κ3) is 4.71. The molecule has 1 saturated heterocycles. The van der Waals surface area contributed by atoms with E-state index >= 15 is 0 Å². The molecule has 0 atom stereocenters. The molecule has 0 saturated carbocycles. The molecule has 0 radical (unpaired) electrons. The van der Waals surface area contributed by atoms with Gasteiger partial charge in [-0.1, -0.05) is 12.1 Å². The maximum absolute atomic E-state index is 13.5. The largest absolute Gasteiger partial charge is 0.573 e. The van der Waals surface area contributed by atoms with Gasteiger partial charge in [0.1, 0.15) is 23.9 Å². The van der Waals surface area contributed by atoms with E-state index in [4.69, 9.17) is 9.47 Å². The molecule has 8 heteroatoms. The lowest BCUT2D eigenvalue weighted by molar-refractivity contribution is -0.274. The number of hydrogen-bond donors (Lipinski definition) is 0. The predicted octanol–water partition coefficient (Wildman–Crippen LogP) is 4.25. The highest BCUT2D eigenvalue weighted by atomic mass is 19.4. The summed E-state index contributed by atoms with van der Waals surface area (Å²) < 4.78 is 66.8. The molecule has 0 spiro atoms. The van der Waals surface area contributed by atoms with Crippen LogP contribution in [0, 0.1) is 5.82 Å². The lowest BCUT2D eigenvalue weighted by atomic mass is 9.90. The van der Waals surface area contributed by atoms with Gasteiger partial charge < -0.3 is 14.2 Å². The topological polar surface area (TPSA) is 30.9 Å². The second kappa shape index (κ2) is 8.04. The number of morpholine rings is 1. The number of rotatable bonds is 4. The fraction of sp³-hybridized carbons (Fsp3) is 0.333. The van der Waals surface area contributed by atoms with Crippen LogP contribution < -0.4 is 9.47 Å². The molecule has 0 bridgehead atoms. The molecule has 0 aromatic heterocycles. The molecule has 0 amide bonds. The molecular formula is C21H19F4NO3. The molecule has 29 heavy (non-hydrogen) atoms. The molecule has 0 N–H and O–H groups in total. The summed E-state index contributed by atoms with van der Waals surface area (Å²) >= 11 is 0. The monoisotopic (exact) mass is 409 g/mol. The smallest absolute Gasteiger partial charge is 0.489 e. The first-order chi connectivity index (χ1) is 13.9. The first-order valence-electron chi connectivity index (χ1n) is 9.20. The molecular weight excluding hydrogens is 390 g/mol. The van der Waals surface area contributed by atoms with E-state index in [2.05, 4.69) is 9.64 Å². The second-order valence-corrected chi connectivity index (χ2v) is 6.87. The van der Waals surface area contributed by atoms with Gasteiger partial charge in [-0.05, 0) is 47.0 Å². The summed E-state index contributed by atoms with van der Waals surface area (Å²) in [6, 6.07) is 9.92. The van der Waals surface area contributed by atoms with Crippen molar-refractivity contribution in [2.75, 3.05) is 39.5 Å². The zero-order chi connectivity index (χ0) is 20.4. The van der Waals surface area contributed by atoms with Gasteiger partial charge >= 0.3 is 6.36 Å². The summed E-state index contributed by atoms with van der Waals surface area (Å²) in [6.45, 7) is 3.64. The Morgan fingerprint density at radius 1 is 1.00 bits per heavy atom. The van der Waals surface area contributed by atoms with E-state index < -0.39 is 6.36 Å². The number of ether oxygens (including phenoxy) is 3. The zero-order valence-corrected chi connectivity index (χ0v) is 15.5. The highest BCUT2D eigenvalue weighted by Crippen LogP contribution is 2.40. The molecule has 0 aliphatic carbocycles. The Hall–Kier alpha value is -2.58. The number of halogens is 4. The van der Waals surface area contributed by atoms with E-state index in [0.29, 0.717) is 43.2 Å². The summed E-state index contributed by atoms with van der Waals surface area (Å²) in [5.41, 5.74) is 2.86. The average Bonchev–Trinajstić information content (AvgIpc) is 2.68. The van der Waals surface area contributed by atoms with Crippen molar-refractivity contribution in [1.29, 1.82) is 0 Å². The molecule has 1 fully saturated rings. The van der Waals surface area contributed by atoms with Crippen LogP contribution >= 0.6 is 0 Å². The second-order valence-electron chi connectivity index (χ2n) is 6.87. The number of benzene rings is 2. The van der Waals surface area contributed by atoms with Crippen molar-refractivity contribution < 1.29 is 31.8 Å². The summed E-state index contributed by atoms with van der Waals surface area (Å²) in [6.07, 6.45) is -4.79. The Morgan fingerprint density at radius 3 is 2.41 bits per heavy atom. The maximum Gasteiger partial charge on any atom is 0.573 e. The van der Waals surface area contributed by atoms with Crippen molar-refractivity contribution in [3.8, 4) is 11.5 Å². The standard InChI is InChI=1S/C21H19F4NO3/c22-16-3-1-14(2-4-16)20-15(12-26-7-9-27-10-8-26)13-28-19-6-5-17(11-18(19)20)29-21(23,24)25/h1-6,11H,7-10,12-13H2. The Bertz CT molecular complexity index is 903. The normalized spacial score (nSPS) is 17.7. The molecule has 0 unspecified atom stereocenters. The summed E-state index contributed by atoms with van der Waals surface area (Å²) in [5, 5.41) is 0. The van der Waals surface area contributed by atoms with Gasteiger partial charge in [-0.25, -0.2) is 4.39 Å². The van der Waals surface area contributed by atoms with Gasteiger partial charge in [0.15, 0.2) is 0 Å². The van der Waals surface area contributed by atoms with E-state index in [1.807, 2.05) is 0 Å². The van der Waals surface area contributed by atoms with Crippen molar-refractivity contribution in [2.45, 2.75) is 6.36 Å². The fourth-order valence-electron chi connectivity index (χ4n) is 3.59. The maximum atomic E-state index is 13.5. The summed E-state index contributed by atoms with van der Waals surface area (Å²) in [4.78, 5) is 2.20. The number of fused-ring (bicyclic) bond motifs is 1. The number of nitrogens with zero attached hydrogens (tertiary/aromatic N) is 1. The van der Waals surface area contributed by atoms with Crippen LogP contribution in [0.5, 0.6) is 11.5 Å². The molecule has 4 rings (SSSR count). The van der Waals surface area contributed by atoms with Crippen molar-refractivity contribution in [3.05, 3.63) is 65.0 Å². The van der Waals surface area contributed by atoms with Crippen LogP contribution in [0.3, 0.4) is 0 Å². The van der Waals surface area contributed by atoms with E-state index in [1.54, 1.807) is 12.1 Å². The molecule has 4 nitrogen and oxygen atoms in total. The van der Waals surface area contributed by atoms with Crippen molar-refractivity contribution in [3.63, 3.8) is 0 Å². The van der Waals surface area contributed by atoms with E-state index in [1.165, 1.54) is 30.3 Å².